The van der Waals surface area contributed by atoms with Gasteiger partial charge in [-0.25, -0.2) is 0 Å². The third-order valence-corrected chi connectivity index (χ3v) is 3.54. The van der Waals surface area contributed by atoms with Crippen LogP contribution in [0.3, 0.4) is 0 Å². The van der Waals surface area contributed by atoms with Crippen LogP contribution in [0.4, 0.5) is 0 Å². The molecule has 86 valence electrons. The lowest BCUT2D eigenvalue weighted by molar-refractivity contribution is 0.352. The Morgan fingerprint density at radius 2 is 2.38 bits per heavy atom. The van der Waals surface area contributed by atoms with E-state index in [1.165, 1.54) is 17.5 Å². The number of hydrogen-bond acceptors (Lipinski definition) is 3. The van der Waals surface area contributed by atoms with Gasteiger partial charge in [-0.2, -0.15) is 0 Å². The highest BCUT2D eigenvalue weighted by Gasteiger charge is 2.23. The van der Waals surface area contributed by atoms with Gasteiger partial charge in [0, 0.05) is 24.9 Å². The van der Waals surface area contributed by atoms with E-state index in [1.54, 1.807) is 7.11 Å². The zero-order valence-electron chi connectivity index (χ0n) is 9.58. The van der Waals surface area contributed by atoms with Crippen molar-refractivity contribution in [1.82, 2.24) is 5.32 Å². The highest BCUT2D eigenvalue weighted by Crippen LogP contribution is 2.38. The molecule has 1 fully saturated rings. The van der Waals surface area contributed by atoms with Gasteiger partial charge in [0.05, 0.1) is 13.7 Å². The van der Waals surface area contributed by atoms with E-state index in [9.17, 15) is 0 Å². The second kappa shape index (κ2) is 3.98. The lowest BCUT2D eigenvalue weighted by atomic mass is 9.95. The molecule has 2 heterocycles. The molecule has 1 unspecified atom stereocenters. The van der Waals surface area contributed by atoms with Crippen LogP contribution in [0.15, 0.2) is 12.1 Å². The van der Waals surface area contributed by atoms with Gasteiger partial charge in [-0.1, -0.05) is 0 Å². The molecule has 1 aromatic rings. The highest BCUT2D eigenvalue weighted by molar-refractivity contribution is 5.50. The fourth-order valence-electron chi connectivity index (χ4n) is 2.64. The fraction of sp³-hybridized carbons (Fsp3) is 0.538. The first-order valence-electron chi connectivity index (χ1n) is 5.93. The Balaban J connectivity index is 2.01. The average molecular weight is 219 g/mol. The average Bonchev–Trinajstić information content (AvgIpc) is 2.97. The summed E-state index contributed by atoms with van der Waals surface area (Å²) in [6.07, 6.45) is 2.24. The molecule has 16 heavy (non-hydrogen) atoms. The summed E-state index contributed by atoms with van der Waals surface area (Å²) >= 11 is 0. The van der Waals surface area contributed by atoms with Crippen LogP contribution in [0.25, 0.3) is 0 Å². The summed E-state index contributed by atoms with van der Waals surface area (Å²) in [6, 6.07) is 4.33. The van der Waals surface area contributed by atoms with Gasteiger partial charge in [0.15, 0.2) is 0 Å². The van der Waals surface area contributed by atoms with E-state index in [0.29, 0.717) is 5.92 Å². The molecule has 0 saturated carbocycles. The van der Waals surface area contributed by atoms with E-state index in [1.807, 2.05) is 0 Å². The maximum Gasteiger partial charge on any atom is 0.126 e. The van der Waals surface area contributed by atoms with Crippen molar-refractivity contribution in [1.29, 1.82) is 0 Å². The van der Waals surface area contributed by atoms with Gasteiger partial charge in [0.2, 0.25) is 0 Å². The minimum atomic E-state index is 0.598. The summed E-state index contributed by atoms with van der Waals surface area (Å²) in [5, 5.41) is 3.40. The largest absolute Gasteiger partial charge is 0.496 e. The number of methoxy groups -OCH3 is 1. The molecule has 0 amide bonds. The van der Waals surface area contributed by atoms with Crippen LogP contribution >= 0.6 is 0 Å². The highest BCUT2D eigenvalue weighted by atomic mass is 16.5. The number of hydrogen-bond donors (Lipinski definition) is 1. The number of nitrogens with one attached hydrogen (secondary N) is 1. The second-order valence-electron chi connectivity index (χ2n) is 4.49. The summed E-state index contributed by atoms with van der Waals surface area (Å²) in [6.45, 7) is 2.99. The molecule has 1 atom stereocenters. The van der Waals surface area contributed by atoms with Crippen molar-refractivity contribution in [2.24, 2.45) is 0 Å². The standard InChI is InChI=1S/C13H17NO2/c1-15-13-7-12-9(3-5-16-12)6-11(13)10-2-4-14-8-10/h6-7,10,14H,2-5,8H2,1H3. The van der Waals surface area contributed by atoms with Gasteiger partial charge in [-0.15, -0.1) is 0 Å². The van der Waals surface area contributed by atoms with Crippen LogP contribution in [-0.2, 0) is 6.42 Å². The molecular weight excluding hydrogens is 202 g/mol. The molecule has 1 saturated heterocycles. The molecule has 0 aliphatic carbocycles. The molecule has 2 aliphatic rings. The van der Waals surface area contributed by atoms with E-state index in [4.69, 9.17) is 9.47 Å². The zero-order chi connectivity index (χ0) is 11.0. The topological polar surface area (TPSA) is 30.5 Å². The Hall–Kier alpha value is -1.22. The van der Waals surface area contributed by atoms with Crippen molar-refractivity contribution in [3.8, 4) is 11.5 Å². The van der Waals surface area contributed by atoms with Gasteiger partial charge in [0.25, 0.3) is 0 Å². The second-order valence-corrected chi connectivity index (χ2v) is 4.49. The maximum atomic E-state index is 5.56. The van der Waals surface area contributed by atoms with E-state index < -0.39 is 0 Å². The third-order valence-electron chi connectivity index (χ3n) is 3.54. The predicted molar refractivity (Wildman–Crippen MR) is 62.4 cm³/mol. The van der Waals surface area contributed by atoms with Gasteiger partial charge in [0.1, 0.15) is 11.5 Å². The lowest BCUT2D eigenvalue weighted by Crippen LogP contribution is -2.09. The molecule has 3 rings (SSSR count). The summed E-state index contributed by atoms with van der Waals surface area (Å²) < 4.78 is 11.0. The Morgan fingerprint density at radius 3 is 3.12 bits per heavy atom. The van der Waals surface area contributed by atoms with Crippen LogP contribution < -0.4 is 14.8 Å². The third kappa shape index (κ3) is 1.55. The molecule has 2 aliphatic heterocycles. The van der Waals surface area contributed by atoms with E-state index >= 15 is 0 Å². The van der Waals surface area contributed by atoms with Gasteiger partial charge < -0.3 is 14.8 Å². The molecule has 1 N–H and O–H groups in total. The first-order chi connectivity index (χ1) is 7.88. The Labute approximate surface area is 95.8 Å². The molecule has 3 nitrogen and oxygen atoms in total. The molecular formula is C13H17NO2. The van der Waals surface area contributed by atoms with Crippen molar-refractivity contribution in [2.75, 3.05) is 26.8 Å². The van der Waals surface area contributed by atoms with Crippen molar-refractivity contribution in [3.63, 3.8) is 0 Å². The monoisotopic (exact) mass is 219 g/mol. The van der Waals surface area contributed by atoms with Gasteiger partial charge in [-0.3, -0.25) is 0 Å². The number of benzene rings is 1. The molecule has 0 aromatic heterocycles. The fourth-order valence-corrected chi connectivity index (χ4v) is 2.64. The van der Waals surface area contributed by atoms with E-state index in [-0.39, 0.29) is 0 Å². The van der Waals surface area contributed by atoms with Crippen LogP contribution in [0.2, 0.25) is 0 Å². The van der Waals surface area contributed by atoms with Gasteiger partial charge in [-0.05, 0) is 30.2 Å². The molecule has 0 bridgehead atoms. The number of fused-ring (bicyclic) bond motifs is 1. The Kier molecular flexibility index (Phi) is 2.48. The van der Waals surface area contributed by atoms with Crippen molar-refractivity contribution >= 4 is 0 Å². The summed E-state index contributed by atoms with van der Waals surface area (Å²) in [5.41, 5.74) is 2.68. The Morgan fingerprint density at radius 1 is 1.44 bits per heavy atom. The van der Waals surface area contributed by atoms with E-state index in [2.05, 4.69) is 17.4 Å². The number of rotatable bonds is 2. The summed E-state index contributed by atoms with van der Waals surface area (Å²) in [5.74, 6) is 2.58. The molecule has 0 radical (unpaired) electrons. The minimum absolute atomic E-state index is 0.598. The number of ether oxygens (including phenoxy) is 2. The normalized spacial score (nSPS) is 22.9. The summed E-state index contributed by atoms with van der Waals surface area (Å²) in [4.78, 5) is 0. The zero-order valence-corrected chi connectivity index (χ0v) is 9.58. The SMILES string of the molecule is COc1cc2c(cc1C1CCNC1)CCO2. The van der Waals surface area contributed by atoms with Crippen LogP contribution in [0.5, 0.6) is 11.5 Å². The lowest BCUT2D eigenvalue weighted by Gasteiger charge is -2.15. The maximum absolute atomic E-state index is 5.56. The van der Waals surface area contributed by atoms with Gasteiger partial charge >= 0.3 is 0 Å². The van der Waals surface area contributed by atoms with Crippen LogP contribution in [0.1, 0.15) is 23.5 Å². The van der Waals surface area contributed by atoms with E-state index in [0.717, 1.165) is 37.6 Å². The van der Waals surface area contributed by atoms with Crippen LogP contribution in [0, 0.1) is 0 Å². The first kappa shape index (κ1) is 9.97. The molecule has 1 aromatic carbocycles. The quantitative estimate of drug-likeness (QED) is 0.821. The summed E-state index contributed by atoms with van der Waals surface area (Å²) in [7, 11) is 1.74. The first-order valence-corrected chi connectivity index (χ1v) is 5.93. The smallest absolute Gasteiger partial charge is 0.126 e. The van der Waals surface area contributed by atoms with Crippen LogP contribution in [-0.4, -0.2) is 26.8 Å². The Bertz CT molecular complexity index is 397. The van der Waals surface area contributed by atoms with Crippen molar-refractivity contribution in [3.05, 3.63) is 23.3 Å². The predicted octanol–water partition coefficient (Wildman–Crippen LogP) is 1.71. The van der Waals surface area contributed by atoms with Crippen molar-refractivity contribution in [2.45, 2.75) is 18.8 Å². The molecule has 3 heteroatoms. The van der Waals surface area contributed by atoms with Crippen molar-refractivity contribution < 1.29 is 9.47 Å². The molecule has 0 spiro atoms. The minimum Gasteiger partial charge on any atom is -0.496 e.